The topological polar surface area (TPSA) is 81.1 Å². The Morgan fingerprint density at radius 3 is 2.68 bits per heavy atom. The summed E-state index contributed by atoms with van der Waals surface area (Å²) in [5.74, 6) is 0.587. The van der Waals surface area contributed by atoms with Crippen molar-refractivity contribution in [1.29, 1.82) is 0 Å². The Labute approximate surface area is 184 Å². The lowest BCUT2D eigenvalue weighted by Crippen LogP contribution is -2.20. The van der Waals surface area contributed by atoms with E-state index in [1.54, 1.807) is 12.1 Å². The highest BCUT2D eigenvalue weighted by molar-refractivity contribution is 7.99. The first-order valence-corrected chi connectivity index (χ1v) is 11.2. The van der Waals surface area contributed by atoms with Crippen LogP contribution in [0.1, 0.15) is 18.7 Å². The van der Waals surface area contributed by atoms with Crippen LogP contribution in [0.4, 0.5) is 15.8 Å². The number of anilines is 2. The molecule has 0 bridgehead atoms. The third kappa shape index (κ3) is 6.05. The number of thioether (sulfide) groups is 1. The van der Waals surface area contributed by atoms with Crippen LogP contribution in [0, 0.1) is 5.82 Å². The Kier molecular flexibility index (Phi) is 7.16. The molecule has 1 aliphatic heterocycles. The van der Waals surface area contributed by atoms with E-state index in [4.69, 9.17) is 4.74 Å². The number of halogens is 1. The average Bonchev–Trinajstić information content (AvgIpc) is 3.43. The van der Waals surface area contributed by atoms with Gasteiger partial charge in [0.15, 0.2) is 11.0 Å². The van der Waals surface area contributed by atoms with Crippen molar-refractivity contribution in [2.45, 2.75) is 37.2 Å². The first-order chi connectivity index (χ1) is 15.2. The van der Waals surface area contributed by atoms with Gasteiger partial charge in [0, 0.05) is 18.0 Å². The van der Waals surface area contributed by atoms with Gasteiger partial charge in [-0.15, -0.1) is 10.2 Å². The first-order valence-electron chi connectivity index (χ1n) is 10.2. The van der Waals surface area contributed by atoms with Gasteiger partial charge in [0.1, 0.15) is 5.82 Å². The molecule has 1 saturated heterocycles. The lowest BCUT2D eigenvalue weighted by atomic mass is 10.2. The zero-order valence-corrected chi connectivity index (χ0v) is 17.8. The quantitative estimate of drug-likeness (QED) is 0.490. The SMILES string of the molecule is O=C(CSc1nnc(CNc2ccc(F)cc2)n1C[C@H]1CCCO1)Nc1ccccc1. The Morgan fingerprint density at radius 2 is 1.94 bits per heavy atom. The number of nitrogens with one attached hydrogen (secondary N) is 2. The molecule has 2 N–H and O–H groups in total. The summed E-state index contributed by atoms with van der Waals surface area (Å²) in [6.07, 6.45) is 2.14. The van der Waals surface area contributed by atoms with Crippen molar-refractivity contribution >= 4 is 29.0 Å². The zero-order valence-electron chi connectivity index (χ0n) is 17.0. The third-order valence-corrected chi connectivity index (χ3v) is 5.86. The molecular weight excluding hydrogens is 417 g/mol. The van der Waals surface area contributed by atoms with Gasteiger partial charge < -0.3 is 19.9 Å². The summed E-state index contributed by atoms with van der Waals surface area (Å²) in [5, 5.41) is 15.4. The number of para-hydroxylation sites is 1. The van der Waals surface area contributed by atoms with Crippen LogP contribution in [-0.4, -0.2) is 39.1 Å². The summed E-state index contributed by atoms with van der Waals surface area (Å²) in [6.45, 7) is 1.83. The van der Waals surface area contributed by atoms with Crippen LogP contribution in [0.15, 0.2) is 59.8 Å². The largest absolute Gasteiger partial charge is 0.378 e. The van der Waals surface area contributed by atoms with E-state index in [2.05, 4.69) is 20.8 Å². The molecule has 9 heteroatoms. The van der Waals surface area contributed by atoms with Crippen molar-refractivity contribution in [1.82, 2.24) is 14.8 Å². The first kappa shape index (κ1) is 21.3. The van der Waals surface area contributed by atoms with Gasteiger partial charge in [-0.2, -0.15) is 0 Å². The number of nitrogens with zero attached hydrogens (tertiary/aromatic N) is 3. The molecule has 162 valence electrons. The van der Waals surface area contributed by atoms with Crippen molar-refractivity contribution in [3.05, 3.63) is 66.2 Å². The number of carbonyl (C=O) groups is 1. The van der Waals surface area contributed by atoms with E-state index >= 15 is 0 Å². The standard InChI is InChI=1S/C22H24FN5O2S/c23-16-8-10-17(11-9-16)24-13-20-26-27-22(28(20)14-19-7-4-12-30-19)31-15-21(29)25-18-5-2-1-3-6-18/h1-3,5-6,8-11,19,24H,4,7,12-15H2,(H,25,29)/t19-/m1/s1. The molecule has 0 aliphatic carbocycles. The van der Waals surface area contributed by atoms with Gasteiger partial charge >= 0.3 is 0 Å². The van der Waals surface area contributed by atoms with Gasteiger partial charge in [-0.25, -0.2) is 4.39 Å². The molecule has 1 atom stereocenters. The van der Waals surface area contributed by atoms with E-state index in [9.17, 15) is 9.18 Å². The van der Waals surface area contributed by atoms with Crippen LogP contribution in [-0.2, 0) is 22.6 Å². The van der Waals surface area contributed by atoms with E-state index in [1.165, 1.54) is 23.9 Å². The molecule has 2 heterocycles. The van der Waals surface area contributed by atoms with Gasteiger partial charge in [0.05, 0.1) is 24.9 Å². The van der Waals surface area contributed by atoms with Crippen LogP contribution in [0.5, 0.6) is 0 Å². The van der Waals surface area contributed by atoms with Crippen molar-refractivity contribution < 1.29 is 13.9 Å². The van der Waals surface area contributed by atoms with Crippen LogP contribution in [0.3, 0.4) is 0 Å². The lowest BCUT2D eigenvalue weighted by molar-refractivity contribution is -0.113. The normalized spacial score (nSPS) is 15.7. The molecule has 0 unspecified atom stereocenters. The fourth-order valence-corrected chi connectivity index (χ4v) is 4.10. The lowest BCUT2D eigenvalue weighted by Gasteiger charge is -2.15. The average molecular weight is 442 g/mol. The third-order valence-electron chi connectivity index (χ3n) is 4.89. The summed E-state index contributed by atoms with van der Waals surface area (Å²) in [7, 11) is 0. The summed E-state index contributed by atoms with van der Waals surface area (Å²) in [5.41, 5.74) is 1.56. The van der Waals surface area contributed by atoms with Gasteiger partial charge in [0.2, 0.25) is 5.91 Å². The van der Waals surface area contributed by atoms with Gasteiger partial charge in [0.25, 0.3) is 0 Å². The maximum Gasteiger partial charge on any atom is 0.234 e. The zero-order chi connectivity index (χ0) is 21.5. The predicted octanol–water partition coefficient (Wildman–Crippen LogP) is 3.94. The van der Waals surface area contributed by atoms with Crippen LogP contribution < -0.4 is 10.6 Å². The van der Waals surface area contributed by atoms with E-state index in [1.807, 2.05) is 34.9 Å². The molecule has 7 nitrogen and oxygen atoms in total. The maximum atomic E-state index is 13.1. The smallest absolute Gasteiger partial charge is 0.234 e. The van der Waals surface area contributed by atoms with E-state index in [0.29, 0.717) is 18.2 Å². The Balaban J connectivity index is 1.41. The predicted molar refractivity (Wildman–Crippen MR) is 119 cm³/mol. The number of benzene rings is 2. The minimum Gasteiger partial charge on any atom is -0.378 e. The van der Waals surface area contributed by atoms with Crippen molar-refractivity contribution in [3.63, 3.8) is 0 Å². The molecule has 1 fully saturated rings. The van der Waals surface area contributed by atoms with Crippen LogP contribution in [0.2, 0.25) is 0 Å². The number of aromatic nitrogens is 3. The molecule has 31 heavy (non-hydrogen) atoms. The molecule has 1 amide bonds. The summed E-state index contributed by atoms with van der Waals surface area (Å²) in [6, 6.07) is 15.5. The van der Waals surface area contributed by atoms with E-state index in [0.717, 1.165) is 36.6 Å². The molecule has 4 rings (SSSR count). The van der Waals surface area contributed by atoms with Crippen LogP contribution in [0.25, 0.3) is 0 Å². The Hall–Kier alpha value is -2.91. The molecular formula is C22H24FN5O2S. The van der Waals surface area contributed by atoms with Crippen molar-refractivity contribution in [3.8, 4) is 0 Å². The van der Waals surface area contributed by atoms with Gasteiger partial charge in [-0.05, 0) is 49.2 Å². The second-order valence-electron chi connectivity index (χ2n) is 7.21. The highest BCUT2D eigenvalue weighted by atomic mass is 32.2. The number of carbonyl (C=O) groups excluding carboxylic acids is 1. The molecule has 0 spiro atoms. The second-order valence-corrected chi connectivity index (χ2v) is 8.15. The summed E-state index contributed by atoms with van der Waals surface area (Å²) < 4.78 is 20.9. The van der Waals surface area contributed by atoms with Crippen molar-refractivity contribution in [2.24, 2.45) is 0 Å². The fourth-order valence-electron chi connectivity index (χ4n) is 3.33. The van der Waals surface area contributed by atoms with Crippen LogP contribution >= 0.6 is 11.8 Å². The molecule has 1 aromatic heterocycles. The van der Waals surface area contributed by atoms with Gasteiger partial charge in [-0.3, -0.25) is 4.79 Å². The van der Waals surface area contributed by atoms with Crippen molar-refractivity contribution in [2.75, 3.05) is 23.0 Å². The molecule has 2 aromatic carbocycles. The number of hydrogen-bond acceptors (Lipinski definition) is 6. The molecule has 3 aromatic rings. The molecule has 1 aliphatic rings. The number of hydrogen-bond donors (Lipinski definition) is 2. The number of amides is 1. The van der Waals surface area contributed by atoms with E-state index in [-0.39, 0.29) is 23.6 Å². The minimum absolute atomic E-state index is 0.103. The van der Waals surface area contributed by atoms with E-state index < -0.39 is 0 Å². The second kappa shape index (κ2) is 10.4. The monoisotopic (exact) mass is 441 g/mol. The minimum atomic E-state index is -0.278. The number of rotatable bonds is 9. The molecule has 0 saturated carbocycles. The van der Waals surface area contributed by atoms with Gasteiger partial charge in [-0.1, -0.05) is 30.0 Å². The summed E-state index contributed by atoms with van der Waals surface area (Å²) >= 11 is 1.35. The molecule has 0 radical (unpaired) electrons. The highest BCUT2D eigenvalue weighted by Gasteiger charge is 2.21. The Bertz CT molecular complexity index is 991. The highest BCUT2D eigenvalue weighted by Crippen LogP contribution is 2.22. The maximum absolute atomic E-state index is 13.1. The summed E-state index contributed by atoms with van der Waals surface area (Å²) in [4.78, 5) is 12.3. The Morgan fingerprint density at radius 1 is 1.13 bits per heavy atom. The fraction of sp³-hybridized carbons (Fsp3) is 0.318. The number of ether oxygens (including phenoxy) is 1.